The van der Waals surface area contributed by atoms with E-state index in [1.54, 1.807) is 43.5 Å². The third-order valence-corrected chi connectivity index (χ3v) is 5.44. The van der Waals surface area contributed by atoms with Crippen LogP contribution in [0.1, 0.15) is 5.56 Å². The van der Waals surface area contributed by atoms with Crippen LogP contribution in [0.5, 0.6) is 5.75 Å². The topological polar surface area (TPSA) is 69.4 Å². The van der Waals surface area contributed by atoms with Crippen molar-refractivity contribution in [2.45, 2.75) is 10.6 Å². The normalized spacial score (nSPS) is 11.3. The van der Waals surface area contributed by atoms with Crippen LogP contribution in [0.15, 0.2) is 51.8 Å². The van der Waals surface area contributed by atoms with Gasteiger partial charge in [-0.15, -0.1) is 0 Å². The number of anilines is 1. The molecular formula is C14H14BrNO3S. The average Bonchev–Trinajstić information content (AvgIpc) is 2.37. The molecule has 0 bridgehead atoms. The van der Waals surface area contributed by atoms with Gasteiger partial charge in [-0.1, -0.05) is 12.1 Å². The first-order chi connectivity index (χ1) is 9.42. The Bertz CT molecular complexity index is 729. The van der Waals surface area contributed by atoms with Gasteiger partial charge in [0, 0.05) is 10.2 Å². The lowest BCUT2D eigenvalue weighted by Crippen LogP contribution is -2.06. The second kappa shape index (κ2) is 5.85. The zero-order valence-electron chi connectivity index (χ0n) is 10.8. The largest absolute Gasteiger partial charge is 0.497 e. The molecule has 0 fully saturated rings. The summed E-state index contributed by atoms with van der Waals surface area (Å²) in [5.74, 6) is 0.543. The molecule has 2 N–H and O–H groups in total. The SMILES string of the molecule is COc1cccc(CS(=O)(=O)c2ccc(N)cc2Br)c1. The number of ether oxygens (including phenoxy) is 1. The van der Waals surface area contributed by atoms with Crippen LogP contribution in [0.2, 0.25) is 0 Å². The average molecular weight is 356 g/mol. The molecular weight excluding hydrogens is 342 g/mol. The number of methoxy groups -OCH3 is 1. The van der Waals surface area contributed by atoms with Crippen LogP contribution in [0.4, 0.5) is 5.69 Å². The van der Waals surface area contributed by atoms with Crippen LogP contribution in [0.25, 0.3) is 0 Å². The molecule has 0 aromatic heterocycles. The molecule has 0 unspecified atom stereocenters. The highest BCUT2D eigenvalue weighted by Gasteiger charge is 2.18. The van der Waals surface area contributed by atoms with Crippen LogP contribution in [0, 0.1) is 0 Å². The highest BCUT2D eigenvalue weighted by molar-refractivity contribution is 9.10. The molecule has 0 atom stereocenters. The lowest BCUT2D eigenvalue weighted by molar-refractivity contribution is 0.414. The molecule has 2 aromatic rings. The number of nitrogens with two attached hydrogens (primary N) is 1. The molecule has 0 aliphatic carbocycles. The molecule has 2 aromatic carbocycles. The maximum atomic E-state index is 12.4. The Labute approximate surface area is 126 Å². The monoisotopic (exact) mass is 355 g/mol. The predicted molar refractivity (Wildman–Crippen MR) is 82.4 cm³/mol. The van der Waals surface area contributed by atoms with Gasteiger partial charge in [0.2, 0.25) is 0 Å². The number of sulfone groups is 1. The van der Waals surface area contributed by atoms with Crippen molar-refractivity contribution in [3.05, 3.63) is 52.5 Å². The van der Waals surface area contributed by atoms with E-state index in [2.05, 4.69) is 15.9 Å². The lowest BCUT2D eigenvalue weighted by Gasteiger charge is -2.08. The van der Waals surface area contributed by atoms with Gasteiger partial charge >= 0.3 is 0 Å². The first-order valence-corrected chi connectivity index (χ1v) is 8.27. The van der Waals surface area contributed by atoms with Crippen LogP contribution in [-0.2, 0) is 15.6 Å². The fraction of sp³-hybridized carbons (Fsp3) is 0.143. The van der Waals surface area contributed by atoms with Crippen molar-refractivity contribution < 1.29 is 13.2 Å². The van der Waals surface area contributed by atoms with Gasteiger partial charge in [-0.25, -0.2) is 8.42 Å². The summed E-state index contributed by atoms with van der Waals surface area (Å²) in [7, 11) is -1.90. The van der Waals surface area contributed by atoms with Crippen molar-refractivity contribution in [2.24, 2.45) is 0 Å². The van der Waals surface area contributed by atoms with Gasteiger partial charge in [-0.05, 0) is 51.8 Å². The standard InChI is InChI=1S/C14H14BrNO3S/c1-19-12-4-2-3-10(7-12)9-20(17,18)14-6-5-11(16)8-13(14)15/h2-8H,9,16H2,1H3. The quantitative estimate of drug-likeness (QED) is 0.855. The molecule has 0 radical (unpaired) electrons. The van der Waals surface area contributed by atoms with E-state index in [9.17, 15) is 8.42 Å². The molecule has 0 saturated heterocycles. The van der Waals surface area contributed by atoms with E-state index in [1.165, 1.54) is 6.07 Å². The molecule has 2 rings (SSSR count). The van der Waals surface area contributed by atoms with E-state index in [0.717, 1.165) is 0 Å². The smallest absolute Gasteiger partial charge is 0.183 e. The Morgan fingerprint density at radius 2 is 1.95 bits per heavy atom. The fourth-order valence-electron chi connectivity index (χ4n) is 1.83. The molecule has 0 heterocycles. The van der Waals surface area contributed by atoms with Gasteiger partial charge in [0.15, 0.2) is 9.84 Å². The van der Waals surface area contributed by atoms with Crippen molar-refractivity contribution in [1.82, 2.24) is 0 Å². The molecule has 0 spiro atoms. The van der Waals surface area contributed by atoms with Crippen LogP contribution < -0.4 is 10.5 Å². The number of rotatable bonds is 4. The molecule has 0 aliphatic heterocycles. The second-order valence-corrected chi connectivity index (χ2v) is 7.11. The summed E-state index contributed by atoms with van der Waals surface area (Å²) >= 11 is 3.24. The van der Waals surface area contributed by atoms with Gasteiger partial charge in [0.05, 0.1) is 17.8 Å². The highest BCUT2D eigenvalue weighted by Crippen LogP contribution is 2.27. The first kappa shape index (κ1) is 14.9. The van der Waals surface area contributed by atoms with Crippen LogP contribution in [0.3, 0.4) is 0 Å². The van der Waals surface area contributed by atoms with Crippen molar-refractivity contribution >= 4 is 31.5 Å². The lowest BCUT2D eigenvalue weighted by atomic mass is 10.2. The Hall–Kier alpha value is -1.53. The van der Waals surface area contributed by atoms with Gasteiger partial charge in [-0.3, -0.25) is 0 Å². The van der Waals surface area contributed by atoms with Crippen molar-refractivity contribution in [3.8, 4) is 5.75 Å². The fourth-order valence-corrected chi connectivity index (χ4v) is 4.37. The van der Waals surface area contributed by atoms with Crippen LogP contribution in [-0.4, -0.2) is 15.5 Å². The molecule has 4 nitrogen and oxygen atoms in total. The summed E-state index contributed by atoms with van der Waals surface area (Å²) in [6.45, 7) is 0. The summed E-state index contributed by atoms with van der Waals surface area (Å²) in [4.78, 5) is 0.231. The summed E-state index contributed by atoms with van der Waals surface area (Å²) in [5.41, 5.74) is 6.81. The minimum absolute atomic E-state index is 0.0906. The second-order valence-electron chi connectivity index (χ2n) is 4.30. The summed E-state index contributed by atoms with van der Waals surface area (Å²) < 4.78 is 30.4. The summed E-state index contributed by atoms with van der Waals surface area (Å²) in [5, 5.41) is 0. The Balaban J connectivity index is 2.35. The number of nitrogen functional groups attached to an aromatic ring is 1. The van der Waals surface area contributed by atoms with E-state index in [0.29, 0.717) is 21.5 Å². The maximum Gasteiger partial charge on any atom is 0.183 e. The van der Waals surface area contributed by atoms with E-state index in [-0.39, 0.29) is 10.6 Å². The van der Waals surface area contributed by atoms with Gasteiger partial charge in [0.1, 0.15) is 5.75 Å². The number of benzene rings is 2. The van der Waals surface area contributed by atoms with E-state index in [4.69, 9.17) is 10.5 Å². The summed E-state index contributed by atoms with van der Waals surface area (Å²) in [6.07, 6.45) is 0. The Kier molecular flexibility index (Phi) is 4.35. The highest BCUT2D eigenvalue weighted by atomic mass is 79.9. The predicted octanol–water partition coefficient (Wildman–Crippen LogP) is 3.01. The molecule has 20 heavy (non-hydrogen) atoms. The number of hydrogen-bond donors (Lipinski definition) is 1. The van der Waals surface area contributed by atoms with Crippen molar-refractivity contribution in [1.29, 1.82) is 0 Å². The van der Waals surface area contributed by atoms with E-state index >= 15 is 0 Å². The van der Waals surface area contributed by atoms with Gasteiger partial charge in [0.25, 0.3) is 0 Å². The Morgan fingerprint density at radius 3 is 2.60 bits per heavy atom. The van der Waals surface area contributed by atoms with Gasteiger partial charge < -0.3 is 10.5 Å². The van der Waals surface area contributed by atoms with Gasteiger partial charge in [-0.2, -0.15) is 0 Å². The molecule has 0 saturated carbocycles. The zero-order valence-corrected chi connectivity index (χ0v) is 13.2. The van der Waals surface area contributed by atoms with E-state index in [1.807, 2.05) is 0 Å². The summed E-state index contributed by atoms with van der Waals surface area (Å²) in [6, 6.07) is 11.7. The number of hydrogen-bond acceptors (Lipinski definition) is 4. The minimum atomic E-state index is -3.44. The third kappa shape index (κ3) is 3.32. The molecule has 106 valence electrons. The minimum Gasteiger partial charge on any atom is -0.497 e. The first-order valence-electron chi connectivity index (χ1n) is 5.83. The maximum absolute atomic E-state index is 12.4. The van der Waals surface area contributed by atoms with Crippen molar-refractivity contribution in [2.75, 3.05) is 12.8 Å². The molecule has 0 amide bonds. The number of halogens is 1. The zero-order chi connectivity index (χ0) is 14.8. The van der Waals surface area contributed by atoms with Crippen LogP contribution >= 0.6 is 15.9 Å². The van der Waals surface area contributed by atoms with E-state index < -0.39 is 9.84 Å². The molecule has 6 heteroatoms. The Morgan fingerprint density at radius 1 is 1.20 bits per heavy atom. The van der Waals surface area contributed by atoms with Crippen molar-refractivity contribution in [3.63, 3.8) is 0 Å². The molecule has 0 aliphatic rings. The third-order valence-electron chi connectivity index (χ3n) is 2.78.